The largest absolute Gasteiger partial charge is 0.467 e. The number of thiophene rings is 1. The predicted molar refractivity (Wildman–Crippen MR) is 127 cm³/mol. The van der Waals surface area contributed by atoms with Gasteiger partial charge in [-0.1, -0.05) is 12.1 Å². The lowest BCUT2D eigenvalue weighted by Crippen LogP contribution is -2.51. The second-order valence-electron chi connectivity index (χ2n) is 9.00. The van der Waals surface area contributed by atoms with E-state index in [1.54, 1.807) is 40.5 Å². The van der Waals surface area contributed by atoms with Crippen molar-refractivity contribution < 1.29 is 18.4 Å². The Hall–Kier alpha value is -3.13. The SMILES string of the molecule is Cc1ccc(CN(Cc2ccc(F)cc2)C(=O)CN(Cc2ccco2)C(=O)NC(C)(C)C)s1. The second kappa shape index (κ2) is 10.7. The normalized spacial score (nSPS) is 11.3. The van der Waals surface area contributed by atoms with Gasteiger partial charge in [-0.2, -0.15) is 0 Å². The molecule has 0 atom stereocenters. The van der Waals surface area contributed by atoms with E-state index in [9.17, 15) is 14.0 Å². The van der Waals surface area contributed by atoms with Crippen molar-refractivity contribution in [3.05, 3.63) is 81.7 Å². The molecule has 1 N–H and O–H groups in total. The van der Waals surface area contributed by atoms with Crippen molar-refractivity contribution in [3.8, 4) is 0 Å². The van der Waals surface area contributed by atoms with Crippen molar-refractivity contribution >= 4 is 23.3 Å². The van der Waals surface area contributed by atoms with Crippen molar-refractivity contribution in [2.75, 3.05) is 6.54 Å². The number of aryl methyl sites for hydroxylation is 1. The number of furan rings is 1. The van der Waals surface area contributed by atoms with Crippen molar-refractivity contribution in [1.82, 2.24) is 15.1 Å². The molecule has 176 valence electrons. The van der Waals surface area contributed by atoms with Crippen LogP contribution >= 0.6 is 11.3 Å². The Kier molecular flexibility index (Phi) is 7.92. The molecular formula is C25H30FN3O3S. The van der Waals surface area contributed by atoms with Gasteiger partial charge in [-0.25, -0.2) is 9.18 Å². The first-order chi connectivity index (χ1) is 15.6. The minimum atomic E-state index is -0.455. The van der Waals surface area contributed by atoms with Gasteiger partial charge in [0.1, 0.15) is 18.1 Å². The number of nitrogens with zero attached hydrogens (tertiary/aromatic N) is 2. The van der Waals surface area contributed by atoms with Gasteiger partial charge >= 0.3 is 6.03 Å². The number of benzene rings is 1. The Morgan fingerprint density at radius 1 is 1.00 bits per heavy atom. The first kappa shape index (κ1) is 24.5. The lowest BCUT2D eigenvalue weighted by Gasteiger charge is -2.30. The molecular weight excluding hydrogens is 441 g/mol. The topological polar surface area (TPSA) is 65.8 Å². The number of urea groups is 1. The highest BCUT2D eigenvalue weighted by Crippen LogP contribution is 2.19. The van der Waals surface area contributed by atoms with Crippen molar-refractivity contribution in [1.29, 1.82) is 0 Å². The number of nitrogens with one attached hydrogen (secondary N) is 1. The van der Waals surface area contributed by atoms with Gasteiger partial charge in [0.05, 0.1) is 19.4 Å². The summed E-state index contributed by atoms with van der Waals surface area (Å²) in [6, 6.07) is 13.3. The van der Waals surface area contributed by atoms with Crippen LogP contribution in [0.15, 0.2) is 59.2 Å². The Morgan fingerprint density at radius 3 is 2.30 bits per heavy atom. The smallest absolute Gasteiger partial charge is 0.318 e. The minimum Gasteiger partial charge on any atom is -0.467 e. The van der Waals surface area contributed by atoms with Crippen LogP contribution in [-0.2, 0) is 24.4 Å². The maximum absolute atomic E-state index is 13.4. The molecule has 3 rings (SSSR count). The number of carbonyl (C=O) groups excluding carboxylic acids is 2. The highest BCUT2D eigenvalue weighted by molar-refractivity contribution is 7.11. The summed E-state index contributed by atoms with van der Waals surface area (Å²) in [4.78, 5) is 31.7. The van der Waals surface area contributed by atoms with Gasteiger partial charge in [-0.15, -0.1) is 11.3 Å². The fraction of sp³-hybridized carbons (Fsp3) is 0.360. The highest BCUT2D eigenvalue weighted by atomic mass is 32.1. The van der Waals surface area contributed by atoms with Crippen LogP contribution in [0.5, 0.6) is 0 Å². The Morgan fingerprint density at radius 2 is 1.73 bits per heavy atom. The van der Waals surface area contributed by atoms with Crippen molar-refractivity contribution in [3.63, 3.8) is 0 Å². The minimum absolute atomic E-state index is 0.117. The van der Waals surface area contributed by atoms with E-state index in [-0.39, 0.29) is 30.8 Å². The molecule has 3 aromatic rings. The number of amides is 3. The summed E-state index contributed by atoms with van der Waals surface area (Å²) in [5.41, 5.74) is 0.360. The fourth-order valence-electron chi connectivity index (χ4n) is 3.25. The van der Waals surface area contributed by atoms with Crippen LogP contribution in [0.1, 0.15) is 41.8 Å². The molecule has 8 heteroatoms. The molecule has 0 fully saturated rings. The first-order valence-electron chi connectivity index (χ1n) is 10.8. The number of rotatable bonds is 8. The summed E-state index contributed by atoms with van der Waals surface area (Å²) in [6.45, 7) is 8.45. The summed E-state index contributed by atoms with van der Waals surface area (Å²) in [6.07, 6.45) is 1.54. The standard InChI is InChI=1S/C25H30FN3O3S/c1-18-7-12-22(33-18)16-28(14-19-8-10-20(26)11-9-19)23(30)17-29(15-21-6-5-13-32-21)24(31)27-25(2,3)4/h5-13H,14-17H2,1-4H3,(H,27,31). The van der Waals surface area contributed by atoms with Gasteiger partial charge in [-0.3, -0.25) is 4.79 Å². The van der Waals surface area contributed by atoms with Gasteiger partial charge in [0.15, 0.2) is 0 Å². The monoisotopic (exact) mass is 471 g/mol. The zero-order valence-electron chi connectivity index (χ0n) is 19.4. The Labute approximate surface area is 198 Å². The summed E-state index contributed by atoms with van der Waals surface area (Å²) >= 11 is 1.62. The van der Waals surface area contributed by atoms with Gasteiger partial charge in [0.2, 0.25) is 5.91 Å². The molecule has 0 spiro atoms. The van der Waals surface area contributed by atoms with Crippen LogP contribution in [0, 0.1) is 12.7 Å². The van der Waals surface area contributed by atoms with E-state index in [4.69, 9.17) is 4.42 Å². The van der Waals surface area contributed by atoms with Crippen molar-refractivity contribution in [2.45, 2.75) is 52.9 Å². The lowest BCUT2D eigenvalue weighted by molar-refractivity contribution is -0.133. The summed E-state index contributed by atoms with van der Waals surface area (Å²) in [5.74, 6) is 0.0563. The zero-order valence-corrected chi connectivity index (χ0v) is 20.2. The van der Waals surface area contributed by atoms with Gasteiger partial charge in [0, 0.05) is 21.8 Å². The summed E-state index contributed by atoms with van der Waals surface area (Å²) < 4.78 is 18.8. The van der Waals surface area contributed by atoms with Crippen LogP contribution in [0.25, 0.3) is 0 Å². The van der Waals surface area contributed by atoms with Crippen LogP contribution in [0.3, 0.4) is 0 Å². The van der Waals surface area contributed by atoms with Crippen LogP contribution in [-0.4, -0.2) is 33.8 Å². The molecule has 6 nitrogen and oxygen atoms in total. The molecule has 0 aliphatic heterocycles. The average molecular weight is 472 g/mol. The number of hydrogen-bond donors (Lipinski definition) is 1. The van der Waals surface area contributed by atoms with Crippen LogP contribution < -0.4 is 5.32 Å². The third-order valence-corrected chi connectivity index (χ3v) is 5.79. The molecule has 0 aliphatic carbocycles. The lowest BCUT2D eigenvalue weighted by atomic mass is 10.1. The maximum atomic E-state index is 13.4. The molecule has 0 saturated carbocycles. The van der Waals surface area contributed by atoms with E-state index in [0.29, 0.717) is 18.8 Å². The van der Waals surface area contributed by atoms with E-state index in [2.05, 4.69) is 5.32 Å². The molecule has 3 amide bonds. The number of halogens is 1. The summed E-state index contributed by atoms with van der Waals surface area (Å²) in [5, 5.41) is 2.92. The van der Waals surface area contributed by atoms with Crippen LogP contribution in [0.4, 0.5) is 9.18 Å². The molecule has 33 heavy (non-hydrogen) atoms. The van der Waals surface area contributed by atoms with E-state index < -0.39 is 5.54 Å². The fourth-order valence-corrected chi connectivity index (χ4v) is 4.16. The third kappa shape index (κ3) is 7.75. The van der Waals surface area contributed by atoms with Gasteiger partial charge in [0.25, 0.3) is 0 Å². The zero-order chi connectivity index (χ0) is 24.0. The molecule has 0 bridgehead atoms. The first-order valence-corrected chi connectivity index (χ1v) is 11.6. The van der Waals surface area contributed by atoms with E-state index in [1.165, 1.54) is 23.3 Å². The van der Waals surface area contributed by atoms with Gasteiger partial charge < -0.3 is 19.5 Å². The molecule has 2 heterocycles. The quantitative estimate of drug-likeness (QED) is 0.483. The van der Waals surface area contributed by atoms with Crippen molar-refractivity contribution in [2.24, 2.45) is 0 Å². The Balaban J connectivity index is 1.80. The molecule has 1 aromatic carbocycles. The number of hydrogen-bond acceptors (Lipinski definition) is 4. The van der Waals surface area contributed by atoms with E-state index >= 15 is 0 Å². The Bertz CT molecular complexity index is 1060. The molecule has 0 aliphatic rings. The van der Waals surface area contributed by atoms with E-state index in [0.717, 1.165) is 15.3 Å². The molecule has 0 unspecified atom stereocenters. The highest BCUT2D eigenvalue weighted by Gasteiger charge is 2.25. The van der Waals surface area contributed by atoms with Crippen LogP contribution in [0.2, 0.25) is 0 Å². The van der Waals surface area contributed by atoms with Gasteiger partial charge in [-0.05, 0) is 69.7 Å². The molecule has 0 radical (unpaired) electrons. The average Bonchev–Trinajstić information content (AvgIpc) is 3.39. The maximum Gasteiger partial charge on any atom is 0.318 e. The van der Waals surface area contributed by atoms with E-state index in [1.807, 2.05) is 39.8 Å². The summed E-state index contributed by atoms with van der Waals surface area (Å²) in [7, 11) is 0. The molecule has 0 saturated heterocycles. The third-order valence-electron chi connectivity index (χ3n) is 4.80. The number of carbonyl (C=O) groups is 2. The second-order valence-corrected chi connectivity index (χ2v) is 10.4. The molecule has 2 aromatic heterocycles. The predicted octanol–water partition coefficient (Wildman–Crippen LogP) is 5.33.